The van der Waals surface area contributed by atoms with Gasteiger partial charge in [-0.05, 0) is 31.2 Å². The molecule has 0 atom stereocenters. The van der Waals surface area contributed by atoms with E-state index < -0.39 is 0 Å². The van der Waals surface area contributed by atoms with Crippen molar-refractivity contribution in [1.29, 1.82) is 0 Å². The molecule has 0 saturated heterocycles. The van der Waals surface area contributed by atoms with Crippen molar-refractivity contribution < 1.29 is 4.74 Å². The van der Waals surface area contributed by atoms with Gasteiger partial charge in [0.25, 0.3) is 0 Å². The Balaban J connectivity index is 2.95. The first-order valence-electron chi connectivity index (χ1n) is 7.91. The Morgan fingerprint density at radius 2 is 1.39 bits per heavy atom. The van der Waals surface area contributed by atoms with E-state index in [1.165, 1.54) is 38.5 Å². The highest BCUT2D eigenvalue weighted by molar-refractivity contribution is 4.51. The van der Waals surface area contributed by atoms with Crippen molar-refractivity contribution >= 4 is 0 Å². The Kier molecular flexibility index (Phi) is 13.3. The molecule has 0 aromatic rings. The molecule has 2 nitrogen and oxygen atoms in total. The van der Waals surface area contributed by atoms with Crippen LogP contribution in [-0.2, 0) is 4.74 Å². The zero-order chi connectivity index (χ0) is 13.6. The van der Waals surface area contributed by atoms with E-state index in [-0.39, 0.29) is 0 Å². The molecule has 0 bridgehead atoms. The van der Waals surface area contributed by atoms with Crippen molar-refractivity contribution in [1.82, 2.24) is 5.32 Å². The molecule has 0 saturated carbocycles. The monoisotopic (exact) mass is 257 g/mol. The van der Waals surface area contributed by atoms with Crippen molar-refractivity contribution in [2.75, 3.05) is 26.3 Å². The van der Waals surface area contributed by atoms with Gasteiger partial charge in [0.1, 0.15) is 0 Å². The van der Waals surface area contributed by atoms with Gasteiger partial charge in [-0.3, -0.25) is 0 Å². The standard InChI is InChI=1S/C16H35NO/c1-15(2)9-7-5-6-8-11-17-12-14-18-13-10-16(3)4/h15-17H,5-14H2,1-4H3. The molecule has 0 aliphatic carbocycles. The van der Waals surface area contributed by atoms with Crippen LogP contribution in [0, 0.1) is 11.8 Å². The summed E-state index contributed by atoms with van der Waals surface area (Å²) in [6.07, 6.45) is 8.03. The number of rotatable bonds is 13. The molecular weight excluding hydrogens is 222 g/mol. The molecule has 110 valence electrons. The van der Waals surface area contributed by atoms with Crippen molar-refractivity contribution in [2.45, 2.75) is 66.2 Å². The SMILES string of the molecule is CC(C)CCCCCCNCCOCCC(C)C. The number of hydrogen-bond acceptors (Lipinski definition) is 2. The zero-order valence-electron chi connectivity index (χ0n) is 13.1. The highest BCUT2D eigenvalue weighted by atomic mass is 16.5. The molecule has 1 N–H and O–H groups in total. The van der Waals surface area contributed by atoms with Crippen LogP contribution in [0.1, 0.15) is 66.2 Å². The van der Waals surface area contributed by atoms with Gasteiger partial charge >= 0.3 is 0 Å². The third-order valence-electron chi connectivity index (χ3n) is 3.15. The third kappa shape index (κ3) is 15.9. The van der Waals surface area contributed by atoms with Crippen LogP contribution in [0.3, 0.4) is 0 Å². The van der Waals surface area contributed by atoms with Gasteiger partial charge in [0.05, 0.1) is 6.61 Å². The molecule has 0 aromatic heterocycles. The van der Waals surface area contributed by atoms with Crippen molar-refractivity contribution in [3.8, 4) is 0 Å². The van der Waals surface area contributed by atoms with E-state index in [1.54, 1.807) is 0 Å². The first-order chi connectivity index (χ1) is 8.63. The van der Waals surface area contributed by atoms with E-state index in [9.17, 15) is 0 Å². The molecular formula is C16H35NO. The molecule has 0 heterocycles. The van der Waals surface area contributed by atoms with E-state index in [0.717, 1.165) is 38.1 Å². The van der Waals surface area contributed by atoms with Gasteiger partial charge in [0.2, 0.25) is 0 Å². The summed E-state index contributed by atoms with van der Waals surface area (Å²) in [5, 5.41) is 3.45. The highest BCUT2D eigenvalue weighted by Crippen LogP contribution is 2.08. The lowest BCUT2D eigenvalue weighted by molar-refractivity contribution is 0.125. The quantitative estimate of drug-likeness (QED) is 0.498. The lowest BCUT2D eigenvalue weighted by atomic mass is 10.0. The molecule has 0 aliphatic rings. The van der Waals surface area contributed by atoms with Crippen LogP contribution >= 0.6 is 0 Å². The van der Waals surface area contributed by atoms with Crippen LogP contribution in [-0.4, -0.2) is 26.3 Å². The maximum Gasteiger partial charge on any atom is 0.0590 e. The van der Waals surface area contributed by atoms with Gasteiger partial charge in [-0.15, -0.1) is 0 Å². The van der Waals surface area contributed by atoms with E-state index in [2.05, 4.69) is 33.0 Å². The second kappa shape index (κ2) is 13.4. The smallest absolute Gasteiger partial charge is 0.0590 e. The Morgan fingerprint density at radius 1 is 0.722 bits per heavy atom. The Bertz CT molecular complexity index is 139. The second-order valence-corrected chi connectivity index (χ2v) is 6.14. The Morgan fingerprint density at radius 3 is 2.06 bits per heavy atom. The average Bonchev–Trinajstić information content (AvgIpc) is 2.29. The number of ether oxygens (including phenoxy) is 1. The van der Waals surface area contributed by atoms with Crippen LogP contribution in [0.4, 0.5) is 0 Å². The summed E-state index contributed by atoms with van der Waals surface area (Å²) in [5.41, 5.74) is 0. The van der Waals surface area contributed by atoms with Gasteiger partial charge in [0, 0.05) is 13.2 Å². The van der Waals surface area contributed by atoms with Crippen LogP contribution in [0.25, 0.3) is 0 Å². The Labute approximate surface area is 115 Å². The van der Waals surface area contributed by atoms with Gasteiger partial charge in [-0.2, -0.15) is 0 Å². The predicted octanol–water partition coefficient (Wildman–Crippen LogP) is 4.25. The fourth-order valence-corrected chi connectivity index (χ4v) is 1.85. The van der Waals surface area contributed by atoms with Crippen LogP contribution < -0.4 is 5.32 Å². The molecule has 0 rings (SSSR count). The van der Waals surface area contributed by atoms with Gasteiger partial charge in [0.15, 0.2) is 0 Å². The summed E-state index contributed by atoms with van der Waals surface area (Å²) in [4.78, 5) is 0. The first-order valence-corrected chi connectivity index (χ1v) is 7.91. The molecule has 0 aliphatic heterocycles. The third-order valence-corrected chi connectivity index (χ3v) is 3.15. The highest BCUT2D eigenvalue weighted by Gasteiger charge is 1.95. The summed E-state index contributed by atoms with van der Waals surface area (Å²) < 4.78 is 5.55. The van der Waals surface area contributed by atoms with E-state index >= 15 is 0 Å². The van der Waals surface area contributed by atoms with Gasteiger partial charge in [-0.25, -0.2) is 0 Å². The maximum atomic E-state index is 5.55. The average molecular weight is 257 g/mol. The van der Waals surface area contributed by atoms with Gasteiger partial charge < -0.3 is 10.1 Å². The van der Waals surface area contributed by atoms with Crippen molar-refractivity contribution in [3.05, 3.63) is 0 Å². The number of hydrogen-bond donors (Lipinski definition) is 1. The minimum Gasteiger partial charge on any atom is -0.380 e. The molecule has 18 heavy (non-hydrogen) atoms. The summed E-state index contributed by atoms with van der Waals surface area (Å²) in [6.45, 7) is 13.0. The molecule has 0 spiro atoms. The van der Waals surface area contributed by atoms with E-state index in [4.69, 9.17) is 4.74 Å². The van der Waals surface area contributed by atoms with Crippen LogP contribution in [0.15, 0.2) is 0 Å². The van der Waals surface area contributed by atoms with Crippen molar-refractivity contribution in [3.63, 3.8) is 0 Å². The lowest BCUT2D eigenvalue weighted by Crippen LogP contribution is -2.21. The molecule has 0 aromatic carbocycles. The van der Waals surface area contributed by atoms with E-state index in [1.807, 2.05) is 0 Å². The fourth-order valence-electron chi connectivity index (χ4n) is 1.85. The van der Waals surface area contributed by atoms with E-state index in [0.29, 0.717) is 0 Å². The summed E-state index contributed by atoms with van der Waals surface area (Å²) in [6, 6.07) is 0. The van der Waals surface area contributed by atoms with Crippen LogP contribution in [0.5, 0.6) is 0 Å². The molecule has 0 radical (unpaired) electrons. The largest absolute Gasteiger partial charge is 0.380 e. The molecule has 0 unspecified atom stereocenters. The fraction of sp³-hybridized carbons (Fsp3) is 1.00. The van der Waals surface area contributed by atoms with Crippen LogP contribution in [0.2, 0.25) is 0 Å². The number of nitrogens with one attached hydrogen (secondary N) is 1. The zero-order valence-corrected chi connectivity index (χ0v) is 13.1. The topological polar surface area (TPSA) is 21.3 Å². The molecule has 2 heteroatoms. The van der Waals surface area contributed by atoms with Crippen molar-refractivity contribution in [2.24, 2.45) is 11.8 Å². The Hall–Kier alpha value is -0.0800. The minimum absolute atomic E-state index is 0.754. The maximum absolute atomic E-state index is 5.55. The molecule has 0 amide bonds. The molecule has 0 fully saturated rings. The summed E-state index contributed by atoms with van der Waals surface area (Å²) >= 11 is 0. The first kappa shape index (κ1) is 17.9. The summed E-state index contributed by atoms with van der Waals surface area (Å²) in [7, 11) is 0. The number of unbranched alkanes of at least 4 members (excludes halogenated alkanes) is 3. The normalized spacial score (nSPS) is 11.7. The summed E-state index contributed by atoms with van der Waals surface area (Å²) in [5.74, 6) is 1.62. The minimum atomic E-state index is 0.754. The lowest BCUT2D eigenvalue weighted by Gasteiger charge is -2.08. The predicted molar refractivity (Wildman–Crippen MR) is 81.1 cm³/mol. The second-order valence-electron chi connectivity index (χ2n) is 6.14. The van der Waals surface area contributed by atoms with Gasteiger partial charge in [-0.1, -0.05) is 53.4 Å².